The van der Waals surface area contributed by atoms with Gasteiger partial charge in [-0.3, -0.25) is 10.1 Å². The van der Waals surface area contributed by atoms with E-state index in [1.54, 1.807) is 6.26 Å². The molecule has 2 aliphatic heterocycles. The normalized spacial score (nSPS) is 36.2. The van der Waals surface area contributed by atoms with E-state index in [-0.39, 0.29) is 10.3 Å². The third-order valence-electron chi connectivity index (χ3n) is 2.15. The van der Waals surface area contributed by atoms with E-state index in [2.05, 4.69) is 20.3 Å². The van der Waals surface area contributed by atoms with Gasteiger partial charge in [0.05, 0.1) is 11.3 Å². The van der Waals surface area contributed by atoms with E-state index >= 15 is 0 Å². The van der Waals surface area contributed by atoms with E-state index in [9.17, 15) is 10.1 Å². The van der Waals surface area contributed by atoms with Crippen molar-refractivity contribution < 1.29 is 4.92 Å². The zero-order valence-corrected chi connectivity index (χ0v) is 10.2. The van der Waals surface area contributed by atoms with Crippen molar-refractivity contribution in [1.29, 1.82) is 0 Å². The van der Waals surface area contributed by atoms with Crippen molar-refractivity contribution in [3.05, 3.63) is 10.1 Å². The lowest BCUT2D eigenvalue weighted by molar-refractivity contribution is -0.550. The lowest BCUT2D eigenvalue weighted by Crippen LogP contribution is -2.61. The molecule has 0 saturated heterocycles. The highest BCUT2D eigenvalue weighted by Crippen LogP contribution is 2.41. The van der Waals surface area contributed by atoms with E-state index in [1.165, 1.54) is 11.8 Å². The molecule has 0 aromatic rings. The Labute approximate surface area is 104 Å². The number of hydrogen-bond donors (Lipinski definition) is 1. The van der Waals surface area contributed by atoms with Gasteiger partial charge in [-0.2, -0.15) is 4.99 Å². The second-order valence-corrected chi connectivity index (χ2v) is 4.63. The summed E-state index contributed by atoms with van der Waals surface area (Å²) in [6, 6.07) is 0. The first kappa shape index (κ1) is 11.6. The monoisotopic (exact) mass is 281 g/mol. The molecule has 2 heterocycles. The molecule has 1 N–H and O–H groups in total. The van der Waals surface area contributed by atoms with Crippen molar-refractivity contribution in [2.45, 2.75) is 10.8 Å². The second kappa shape index (κ2) is 3.57. The average molecular weight is 282 g/mol. The van der Waals surface area contributed by atoms with Gasteiger partial charge in [-0.25, -0.2) is 9.98 Å². The van der Waals surface area contributed by atoms with Crippen molar-refractivity contribution in [3.8, 4) is 0 Å². The molecule has 2 aliphatic rings. The van der Waals surface area contributed by atoms with Gasteiger partial charge in [0.25, 0.3) is 0 Å². The summed E-state index contributed by atoms with van der Waals surface area (Å²) >= 11 is 13.0. The number of amidine groups is 1. The number of hydrogen-bond acceptors (Lipinski definition) is 7. The summed E-state index contributed by atoms with van der Waals surface area (Å²) in [5, 5.41) is 11.8. The summed E-state index contributed by atoms with van der Waals surface area (Å²) in [6.45, 7) is 0. The maximum absolute atomic E-state index is 11.1. The van der Waals surface area contributed by atoms with Crippen molar-refractivity contribution in [2.75, 3.05) is 6.26 Å². The molecule has 7 nitrogen and oxygen atoms in total. The fourth-order valence-electron chi connectivity index (χ4n) is 1.35. The van der Waals surface area contributed by atoms with E-state index in [0.717, 1.165) is 6.34 Å². The van der Waals surface area contributed by atoms with Crippen LogP contribution in [0.4, 0.5) is 0 Å². The van der Waals surface area contributed by atoms with Gasteiger partial charge in [0.2, 0.25) is 5.17 Å². The highest BCUT2D eigenvalue weighted by Gasteiger charge is 2.70. The highest BCUT2D eigenvalue weighted by molar-refractivity contribution is 8.13. The first-order chi connectivity index (χ1) is 7.46. The molecule has 2 atom stereocenters. The zero-order chi connectivity index (χ0) is 12.0. The van der Waals surface area contributed by atoms with Crippen molar-refractivity contribution in [1.82, 2.24) is 5.32 Å². The Morgan fingerprint density at radius 1 is 1.69 bits per heavy atom. The molecule has 0 saturated carbocycles. The summed E-state index contributed by atoms with van der Waals surface area (Å²) in [5.41, 5.74) is -2.07. The Morgan fingerprint density at radius 2 is 2.38 bits per heavy atom. The smallest absolute Gasteiger partial charge is 0.331 e. The van der Waals surface area contributed by atoms with Crippen molar-refractivity contribution >= 4 is 51.6 Å². The van der Waals surface area contributed by atoms with Gasteiger partial charge in [0, 0.05) is 0 Å². The molecular weight excluding hydrogens is 277 g/mol. The van der Waals surface area contributed by atoms with Gasteiger partial charge < -0.3 is 5.32 Å². The molecule has 0 amide bonds. The van der Waals surface area contributed by atoms with E-state index < -0.39 is 15.7 Å². The predicted octanol–water partition coefficient (Wildman–Crippen LogP) is 0.853. The largest absolute Gasteiger partial charge is 0.425 e. The van der Waals surface area contributed by atoms with Crippen LogP contribution < -0.4 is 5.32 Å². The molecule has 0 fully saturated rings. The summed E-state index contributed by atoms with van der Waals surface area (Å²) < 4.78 is 0. The van der Waals surface area contributed by atoms with E-state index in [1.807, 2.05) is 0 Å². The average Bonchev–Trinajstić information content (AvgIpc) is 2.56. The molecule has 0 aromatic heterocycles. The molecule has 2 rings (SSSR count). The van der Waals surface area contributed by atoms with Crippen LogP contribution in [-0.4, -0.2) is 38.6 Å². The first-order valence-corrected chi connectivity index (χ1v) is 5.97. The van der Waals surface area contributed by atoms with Crippen LogP contribution in [-0.2, 0) is 0 Å². The summed E-state index contributed by atoms with van der Waals surface area (Å²) in [5.74, 6) is 0. The van der Waals surface area contributed by atoms with Crippen LogP contribution in [0.2, 0.25) is 0 Å². The van der Waals surface area contributed by atoms with Crippen LogP contribution in [0.1, 0.15) is 0 Å². The number of alkyl halides is 1. The highest BCUT2D eigenvalue weighted by atomic mass is 35.5. The minimum atomic E-state index is -2.07. The molecule has 2 unspecified atom stereocenters. The lowest BCUT2D eigenvalue weighted by Gasteiger charge is -2.30. The number of aliphatic imine (C=N–C) groups is 3. The standard InChI is InChI=1S/C6H5Cl2N5O2S/c1-16-4-11-3(7)5(13(14)15)6(8,12-4)10-2-9-5/h2H,1H3,(H,9,10). The Balaban J connectivity index is 2.61. The minimum absolute atomic E-state index is 0.260. The molecular formula is C6H5Cl2N5O2S. The number of rotatable bonds is 1. The third-order valence-corrected chi connectivity index (χ3v) is 3.50. The number of nitrogens with one attached hydrogen (secondary N) is 1. The topological polar surface area (TPSA) is 92.2 Å². The first-order valence-electron chi connectivity index (χ1n) is 3.99. The molecule has 0 bridgehead atoms. The Kier molecular flexibility index (Phi) is 2.59. The van der Waals surface area contributed by atoms with Gasteiger partial charge >= 0.3 is 10.8 Å². The molecule has 0 aliphatic carbocycles. The van der Waals surface area contributed by atoms with Crippen LogP contribution in [0.15, 0.2) is 15.0 Å². The van der Waals surface area contributed by atoms with Gasteiger partial charge in [0.15, 0.2) is 5.17 Å². The molecule has 0 radical (unpaired) electrons. The summed E-state index contributed by atoms with van der Waals surface area (Å²) in [6.07, 6.45) is 2.82. The van der Waals surface area contributed by atoms with Crippen LogP contribution >= 0.6 is 35.0 Å². The van der Waals surface area contributed by atoms with Crippen LogP contribution in [0.25, 0.3) is 0 Å². The number of thioether (sulfide) groups is 1. The molecule has 86 valence electrons. The van der Waals surface area contributed by atoms with E-state index in [0.29, 0.717) is 0 Å². The Hall–Kier alpha value is -0.860. The molecule has 0 aromatic carbocycles. The van der Waals surface area contributed by atoms with Gasteiger partial charge in [-0.15, -0.1) is 0 Å². The SMILES string of the molecule is CSC1=NC2(Cl)NC=NC2([N+](=O)[O-])C(Cl)=N1. The van der Waals surface area contributed by atoms with Crippen LogP contribution in [0, 0.1) is 10.1 Å². The number of fused-ring (bicyclic) bond motifs is 1. The maximum Gasteiger partial charge on any atom is 0.425 e. The molecule has 10 heteroatoms. The Morgan fingerprint density at radius 3 is 2.94 bits per heavy atom. The van der Waals surface area contributed by atoms with Crippen LogP contribution in [0.3, 0.4) is 0 Å². The summed E-state index contributed by atoms with van der Waals surface area (Å²) in [7, 11) is 0. The minimum Gasteiger partial charge on any atom is -0.331 e. The quantitative estimate of drug-likeness (QED) is 0.334. The lowest BCUT2D eigenvalue weighted by atomic mass is 10.1. The number of nitrogens with zero attached hydrogens (tertiary/aromatic N) is 4. The van der Waals surface area contributed by atoms with Crippen LogP contribution in [0.5, 0.6) is 0 Å². The maximum atomic E-state index is 11.1. The van der Waals surface area contributed by atoms with Crippen molar-refractivity contribution in [2.24, 2.45) is 15.0 Å². The molecule has 16 heavy (non-hydrogen) atoms. The van der Waals surface area contributed by atoms with Crippen molar-refractivity contribution in [3.63, 3.8) is 0 Å². The van der Waals surface area contributed by atoms with Gasteiger partial charge in [0.1, 0.15) is 0 Å². The molecule has 0 spiro atoms. The Bertz CT molecular complexity index is 452. The summed E-state index contributed by atoms with van der Waals surface area (Å²) in [4.78, 5) is 21.8. The zero-order valence-electron chi connectivity index (χ0n) is 7.85. The van der Waals surface area contributed by atoms with Gasteiger partial charge in [-0.1, -0.05) is 35.0 Å². The second-order valence-electron chi connectivity index (χ2n) is 2.96. The fourth-order valence-corrected chi connectivity index (χ4v) is 2.58. The fraction of sp³-hybridized carbons (Fsp3) is 0.500. The number of nitro groups is 1. The van der Waals surface area contributed by atoms with E-state index in [4.69, 9.17) is 23.2 Å². The number of halogens is 2. The third kappa shape index (κ3) is 1.26. The predicted molar refractivity (Wildman–Crippen MR) is 64.2 cm³/mol. The van der Waals surface area contributed by atoms with Gasteiger partial charge in [-0.05, 0) is 6.26 Å².